The van der Waals surface area contributed by atoms with Gasteiger partial charge in [0, 0.05) is 51.0 Å². The van der Waals surface area contributed by atoms with E-state index in [2.05, 4.69) is 25.1 Å². The van der Waals surface area contributed by atoms with Gasteiger partial charge in [0.25, 0.3) is 5.56 Å². The predicted molar refractivity (Wildman–Crippen MR) is 104 cm³/mol. The first kappa shape index (κ1) is 17.5. The first-order chi connectivity index (χ1) is 12.7. The minimum Gasteiger partial charge on any atom is -0.353 e. The van der Waals surface area contributed by atoms with Crippen LogP contribution in [0.15, 0.2) is 23.0 Å². The Labute approximate surface area is 157 Å². The van der Waals surface area contributed by atoms with E-state index in [1.54, 1.807) is 10.7 Å². The first-order valence-corrected chi connectivity index (χ1v) is 10.3. The lowest BCUT2D eigenvalue weighted by Crippen LogP contribution is -2.48. The molecule has 0 atom stereocenters. The molecular formula is C18H24N6OS. The zero-order valence-electron chi connectivity index (χ0n) is 15.1. The average Bonchev–Trinajstić information content (AvgIpc) is 2.67. The van der Waals surface area contributed by atoms with Crippen molar-refractivity contribution in [3.8, 4) is 0 Å². The predicted octanol–water partition coefficient (Wildman–Crippen LogP) is 0.953. The van der Waals surface area contributed by atoms with Crippen LogP contribution < -0.4 is 10.5 Å². The van der Waals surface area contributed by atoms with Gasteiger partial charge in [-0.15, -0.1) is 5.10 Å². The molecule has 0 saturated carbocycles. The van der Waals surface area contributed by atoms with Crippen LogP contribution in [0.4, 0.5) is 5.82 Å². The maximum absolute atomic E-state index is 12.3. The monoisotopic (exact) mass is 372 g/mol. The largest absolute Gasteiger partial charge is 0.353 e. The lowest BCUT2D eigenvalue weighted by Gasteiger charge is -2.35. The van der Waals surface area contributed by atoms with Crippen LogP contribution in [0.1, 0.15) is 17.0 Å². The van der Waals surface area contributed by atoms with Crippen molar-refractivity contribution in [2.24, 2.45) is 0 Å². The molecule has 1 fully saturated rings. The van der Waals surface area contributed by atoms with E-state index in [1.165, 1.54) is 0 Å². The molecule has 2 aliphatic heterocycles. The standard InChI is InChI=1S/C18H24N6OS/c1-14-2-3-17(20-19-14)23-8-5-22(6-9-23)7-10-24-18(25)12-15-13-26-11-4-16(15)21-24/h2-3,12H,4-11,13H2,1H3. The molecule has 138 valence electrons. The Morgan fingerprint density at radius 1 is 1.12 bits per heavy atom. The zero-order valence-corrected chi connectivity index (χ0v) is 15.9. The SMILES string of the molecule is Cc1ccc(N2CCN(CCn3nc4c(cc3=O)CSCC4)CC2)nn1. The fourth-order valence-corrected chi connectivity index (χ4v) is 4.36. The summed E-state index contributed by atoms with van der Waals surface area (Å²) in [4.78, 5) is 16.9. The number of nitrogens with zero attached hydrogens (tertiary/aromatic N) is 6. The molecule has 1 saturated heterocycles. The van der Waals surface area contributed by atoms with Gasteiger partial charge in [0.1, 0.15) is 0 Å². The van der Waals surface area contributed by atoms with Gasteiger partial charge >= 0.3 is 0 Å². The van der Waals surface area contributed by atoms with Gasteiger partial charge in [-0.25, -0.2) is 4.68 Å². The van der Waals surface area contributed by atoms with Crippen LogP contribution in [-0.4, -0.2) is 63.4 Å². The molecule has 0 aliphatic carbocycles. The fraction of sp³-hybridized carbons (Fsp3) is 0.556. The van der Waals surface area contributed by atoms with Gasteiger partial charge < -0.3 is 4.90 Å². The normalized spacial score (nSPS) is 18.0. The number of hydrogen-bond acceptors (Lipinski definition) is 7. The van der Waals surface area contributed by atoms with Gasteiger partial charge in [-0.1, -0.05) is 0 Å². The summed E-state index contributed by atoms with van der Waals surface area (Å²) >= 11 is 1.88. The van der Waals surface area contributed by atoms with Crippen molar-refractivity contribution >= 4 is 17.6 Å². The fourth-order valence-electron chi connectivity index (χ4n) is 3.41. The van der Waals surface area contributed by atoms with Crippen LogP contribution in [-0.2, 0) is 18.7 Å². The van der Waals surface area contributed by atoms with E-state index in [9.17, 15) is 4.79 Å². The second-order valence-corrected chi connectivity index (χ2v) is 7.95. The van der Waals surface area contributed by atoms with Gasteiger partial charge in [-0.3, -0.25) is 9.69 Å². The smallest absolute Gasteiger partial charge is 0.267 e. The summed E-state index contributed by atoms with van der Waals surface area (Å²) in [7, 11) is 0. The summed E-state index contributed by atoms with van der Waals surface area (Å²) in [5, 5.41) is 13.0. The molecule has 2 aromatic heterocycles. The third-order valence-electron chi connectivity index (χ3n) is 5.01. The minimum absolute atomic E-state index is 0.0276. The third kappa shape index (κ3) is 3.91. The molecule has 26 heavy (non-hydrogen) atoms. The maximum atomic E-state index is 12.3. The molecule has 7 nitrogen and oxygen atoms in total. The van der Waals surface area contributed by atoms with Gasteiger partial charge in [-0.2, -0.15) is 22.0 Å². The molecule has 4 rings (SSSR count). The first-order valence-electron chi connectivity index (χ1n) is 9.14. The number of anilines is 1. The average molecular weight is 372 g/mol. The molecule has 0 spiro atoms. The van der Waals surface area contributed by atoms with Crippen molar-refractivity contribution in [1.82, 2.24) is 24.9 Å². The number of piperazine rings is 1. The number of aromatic nitrogens is 4. The Kier molecular flexibility index (Phi) is 5.21. The maximum Gasteiger partial charge on any atom is 0.267 e. The van der Waals surface area contributed by atoms with Crippen molar-refractivity contribution in [3.63, 3.8) is 0 Å². The minimum atomic E-state index is 0.0276. The Balaban J connectivity index is 1.32. The number of hydrogen-bond donors (Lipinski definition) is 0. The molecule has 2 aliphatic rings. The number of thioether (sulfide) groups is 1. The number of fused-ring (bicyclic) bond motifs is 1. The van der Waals surface area contributed by atoms with Gasteiger partial charge in [-0.05, 0) is 30.4 Å². The van der Waals surface area contributed by atoms with Crippen LogP contribution in [0, 0.1) is 6.92 Å². The Hall–Kier alpha value is -1.93. The molecule has 0 bridgehead atoms. The van der Waals surface area contributed by atoms with Gasteiger partial charge in [0.05, 0.1) is 17.9 Å². The zero-order chi connectivity index (χ0) is 17.9. The van der Waals surface area contributed by atoms with Crippen LogP contribution in [0.5, 0.6) is 0 Å². The molecule has 0 radical (unpaired) electrons. The summed E-state index contributed by atoms with van der Waals surface area (Å²) in [5.74, 6) is 2.96. The highest BCUT2D eigenvalue weighted by Crippen LogP contribution is 2.21. The van der Waals surface area contributed by atoms with E-state index in [-0.39, 0.29) is 5.56 Å². The van der Waals surface area contributed by atoms with Crippen molar-refractivity contribution in [1.29, 1.82) is 0 Å². The second kappa shape index (κ2) is 7.75. The highest BCUT2D eigenvalue weighted by Gasteiger charge is 2.19. The Morgan fingerprint density at radius 3 is 2.73 bits per heavy atom. The quantitative estimate of drug-likeness (QED) is 0.792. The van der Waals surface area contributed by atoms with E-state index in [0.29, 0.717) is 6.54 Å². The van der Waals surface area contributed by atoms with Crippen LogP contribution in [0.2, 0.25) is 0 Å². The molecule has 0 N–H and O–H groups in total. The van der Waals surface area contributed by atoms with E-state index in [4.69, 9.17) is 0 Å². The third-order valence-corrected chi connectivity index (χ3v) is 6.02. The Bertz CT molecular complexity index is 813. The van der Waals surface area contributed by atoms with E-state index >= 15 is 0 Å². The Morgan fingerprint density at radius 2 is 1.96 bits per heavy atom. The van der Waals surface area contributed by atoms with Crippen LogP contribution in [0.3, 0.4) is 0 Å². The summed E-state index contributed by atoms with van der Waals surface area (Å²) in [6.07, 6.45) is 0.969. The van der Waals surface area contributed by atoms with Crippen LogP contribution >= 0.6 is 11.8 Å². The summed E-state index contributed by atoms with van der Waals surface area (Å²) < 4.78 is 1.65. The number of rotatable bonds is 4. The van der Waals surface area contributed by atoms with E-state index < -0.39 is 0 Å². The highest BCUT2D eigenvalue weighted by atomic mass is 32.2. The van der Waals surface area contributed by atoms with Crippen molar-refractivity contribution in [2.75, 3.05) is 43.4 Å². The van der Waals surface area contributed by atoms with Gasteiger partial charge in [0.2, 0.25) is 0 Å². The van der Waals surface area contributed by atoms with Gasteiger partial charge in [0.15, 0.2) is 5.82 Å². The summed E-state index contributed by atoms with van der Waals surface area (Å²) in [6.45, 7) is 7.25. The molecule has 4 heterocycles. The molecular weight excluding hydrogens is 348 g/mol. The second-order valence-electron chi connectivity index (χ2n) is 6.84. The molecule has 8 heteroatoms. The van der Waals surface area contributed by atoms with Crippen molar-refractivity contribution in [3.05, 3.63) is 45.5 Å². The molecule has 0 unspecified atom stereocenters. The molecule has 0 aromatic carbocycles. The highest BCUT2D eigenvalue weighted by molar-refractivity contribution is 7.98. The lowest BCUT2D eigenvalue weighted by molar-refractivity contribution is 0.241. The summed E-state index contributed by atoms with van der Waals surface area (Å²) in [6, 6.07) is 5.82. The van der Waals surface area contributed by atoms with Crippen LogP contribution in [0.25, 0.3) is 0 Å². The van der Waals surface area contributed by atoms with Crippen molar-refractivity contribution in [2.45, 2.75) is 25.6 Å². The topological polar surface area (TPSA) is 67.2 Å². The molecule has 2 aromatic rings. The van der Waals surface area contributed by atoms with Crippen molar-refractivity contribution < 1.29 is 0 Å². The molecule has 0 amide bonds. The lowest BCUT2D eigenvalue weighted by atomic mass is 10.2. The summed E-state index contributed by atoms with van der Waals surface area (Å²) in [5.41, 5.74) is 3.19. The van der Waals surface area contributed by atoms with E-state index in [1.807, 2.05) is 30.8 Å². The van der Waals surface area contributed by atoms with E-state index in [0.717, 1.165) is 73.4 Å². The number of aryl methyl sites for hydroxylation is 2.